The number of nitrogens with two attached hydrogens (primary N) is 1. The fraction of sp³-hybridized carbons (Fsp3) is 0.194. The third-order valence-electron chi connectivity index (χ3n) is 6.89. The minimum Gasteiger partial charge on any atom is -0.490 e. The molecule has 4 N–H and O–H groups in total. The number of carbonyl (C=O) groups excluding carboxylic acids is 1. The van der Waals surface area contributed by atoms with Crippen LogP contribution in [0.2, 0.25) is 5.02 Å². The number of benzene rings is 3. The van der Waals surface area contributed by atoms with Gasteiger partial charge in [-0.1, -0.05) is 72.3 Å². The van der Waals surface area contributed by atoms with Crippen molar-refractivity contribution in [1.82, 2.24) is 19.6 Å². The summed E-state index contributed by atoms with van der Waals surface area (Å²) >= 11 is 6.74. The molecule has 0 saturated heterocycles. The van der Waals surface area contributed by atoms with Gasteiger partial charge in [0.2, 0.25) is 0 Å². The minimum absolute atomic E-state index is 0.129. The summed E-state index contributed by atoms with van der Waals surface area (Å²) in [6.07, 6.45) is 0. The van der Waals surface area contributed by atoms with Crippen molar-refractivity contribution in [2.75, 3.05) is 13.2 Å². The number of rotatable bonds is 10. The van der Waals surface area contributed by atoms with Gasteiger partial charge in [0, 0.05) is 20.0 Å². The molecule has 0 spiro atoms. The zero-order chi connectivity index (χ0) is 30.0. The largest absolute Gasteiger partial charge is 0.490 e. The molecule has 0 aliphatic rings. The summed E-state index contributed by atoms with van der Waals surface area (Å²) in [6, 6.07) is 22.1. The molecule has 1 amide bonds. The smallest absolute Gasteiger partial charge is 0.271 e. The first-order valence-corrected chi connectivity index (χ1v) is 13.6. The summed E-state index contributed by atoms with van der Waals surface area (Å²) in [7, 11) is 3.25. The van der Waals surface area contributed by atoms with Crippen LogP contribution in [0.5, 0.6) is 11.5 Å². The SMILES string of the molecule is CCOc1cc(C(c2c(-c3ccccc3)[nH]n(C)c2=O)c2c(-c3ccccc3)[nH]n(C)c2=O)cc(Cl)c1OCC(N)=O. The van der Waals surface area contributed by atoms with Crippen molar-refractivity contribution in [3.8, 4) is 34.0 Å². The molecule has 42 heavy (non-hydrogen) atoms. The average molecular weight is 588 g/mol. The van der Waals surface area contributed by atoms with Crippen LogP contribution in [0.1, 0.15) is 29.5 Å². The second-order valence-electron chi connectivity index (χ2n) is 9.71. The lowest BCUT2D eigenvalue weighted by atomic mass is 9.83. The van der Waals surface area contributed by atoms with Crippen LogP contribution in [0, 0.1) is 0 Å². The molecule has 0 unspecified atom stereocenters. The zero-order valence-corrected chi connectivity index (χ0v) is 24.1. The number of hydrogen-bond donors (Lipinski definition) is 3. The van der Waals surface area contributed by atoms with Gasteiger partial charge in [-0.25, -0.2) is 0 Å². The number of H-pyrrole nitrogens is 2. The molecule has 0 atom stereocenters. The lowest BCUT2D eigenvalue weighted by Crippen LogP contribution is -2.24. The molecule has 0 fully saturated rings. The summed E-state index contributed by atoms with van der Waals surface area (Å²) in [5.74, 6) is -1.20. The van der Waals surface area contributed by atoms with Crippen LogP contribution >= 0.6 is 11.6 Å². The van der Waals surface area contributed by atoms with Crippen LogP contribution in [-0.4, -0.2) is 38.7 Å². The fourth-order valence-electron chi connectivity index (χ4n) is 5.10. The number of ether oxygens (including phenoxy) is 2. The van der Waals surface area contributed by atoms with Gasteiger partial charge < -0.3 is 15.2 Å². The quantitative estimate of drug-likeness (QED) is 0.225. The first-order chi connectivity index (χ1) is 20.2. The van der Waals surface area contributed by atoms with E-state index >= 15 is 0 Å². The van der Waals surface area contributed by atoms with Crippen LogP contribution in [0.25, 0.3) is 22.5 Å². The van der Waals surface area contributed by atoms with Crippen LogP contribution in [0.3, 0.4) is 0 Å². The van der Waals surface area contributed by atoms with Crippen LogP contribution in [0.4, 0.5) is 0 Å². The van der Waals surface area contributed by atoms with Gasteiger partial charge in [0.15, 0.2) is 18.1 Å². The molecule has 0 aliphatic carbocycles. The second kappa shape index (κ2) is 11.9. The molecule has 3 aromatic carbocycles. The van der Waals surface area contributed by atoms with E-state index in [1.165, 1.54) is 9.36 Å². The Labute approximate surface area is 246 Å². The number of primary amides is 1. The van der Waals surface area contributed by atoms with E-state index in [2.05, 4.69) is 10.2 Å². The molecule has 5 aromatic rings. The number of halogens is 1. The van der Waals surface area contributed by atoms with Gasteiger partial charge >= 0.3 is 0 Å². The van der Waals surface area contributed by atoms with Gasteiger partial charge in [0.05, 0.1) is 34.1 Å². The topological polar surface area (TPSA) is 137 Å². The highest BCUT2D eigenvalue weighted by molar-refractivity contribution is 6.32. The van der Waals surface area contributed by atoms with Gasteiger partial charge in [-0.2, -0.15) is 0 Å². The van der Waals surface area contributed by atoms with Crippen molar-refractivity contribution in [3.05, 3.63) is 115 Å². The highest BCUT2D eigenvalue weighted by Crippen LogP contribution is 2.44. The molecule has 2 heterocycles. The number of aromatic amines is 2. The normalized spacial score (nSPS) is 11.2. The standard InChI is InChI=1S/C31H30ClN5O5/c1-4-41-22-16-20(15-21(32)29(22)42-17-23(33)38)24(25-27(34-36(2)30(25)39)18-11-7-5-8-12-18)26-28(35-37(3)31(26)40)19-13-9-6-10-14-19/h5-16,24,34-35H,4,17H2,1-3H3,(H2,33,38). The molecule has 0 aliphatic heterocycles. The predicted molar refractivity (Wildman–Crippen MR) is 161 cm³/mol. The summed E-state index contributed by atoms with van der Waals surface area (Å²) < 4.78 is 14.2. The molecule has 216 valence electrons. The Morgan fingerprint density at radius 3 is 1.81 bits per heavy atom. The molecule has 10 nitrogen and oxygen atoms in total. The van der Waals surface area contributed by atoms with Crippen LogP contribution in [0.15, 0.2) is 82.4 Å². The Balaban J connectivity index is 1.86. The maximum absolute atomic E-state index is 13.9. The maximum Gasteiger partial charge on any atom is 0.271 e. The zero-order valence-electron chi connectivity index (χ0n) is 23.3. The van der Waals surface area contributed by atoms with E-state index in [4.69, 9.17) is 26.8 Å². The van der Waals surface area contributed by atoms with E-state index in [0.717, 1.165) is 11.1 Å². The minimum atomic E-state index is -0.896. The van der Waals surface area contributed by atoms with Gasteiger partial charge in [-0.05, 0) is 35.7 Å². The fourth-order valence-corrected chi connectivity index (χ4v) is 5.37. The first kappa shape index (κ1) is 28.6. The number of amides is 1. The number of aromatic nitrogens is 4. The van der Waals surface area contributed by atoms with Crippen LogP contribution in [-0.2, 0) is 18.9 Å². The summed E-state index contributed by atoms with van der Waals surface area (Å²) in [4.78, 5) is 39.3. The highest BCUT2D eigenvalue weighted by atomic mass is 35.5. The Hall–Kier alpha value is -4.96. The number of carbonyl (C=O) groups is 1. The van der Waals surface area contributed by atoms with E-state index in [1.54, 1.807) is 33.2 Å². The van der Waals surface area contributed by atoms with Crippen molar-refractivity contribution in [3.63, 3.8) is 0 Å². The molecule has 5 rings (SSSR count). The van der Waals surface area contributed by atoms with Crippen molar-refractivity contribution >= 4 is 17.5 Å². The number of hydrogen-bond acceptors (Lipinski definition) is 5. The van der Waals surface area contributed by atoms with Crippen molar-refractivity contribution in [2.24, 2.45) is 19.8 Å². The van der Waals surface area contributed by atoms with Crippen molar-refractivity contribution < 1.29 is 14.3 Å². The molecule has 0 radical (unpaired) electrons. The van der Waals surface area contributed by atoms with E-state index < -0.39 is 18.4 Å². The van der Waals surface area contributed by atoms with Gasteiger partial charge in [0.1, 0.15) is 0 Å². The molecular weight excluding hydrogens is 558 g/mol. The van der Waals surface area contributed by atoms with Gasteiger partial charge in [0.25, 0.3) is 17.0 Å². The average Bonchev–Trinajstić information content (AvgIpc) is 3.44. The molecule has 11 heteroatoms. The van der Waals surface area contributed by atoms with Crippen molar-refractivity contribution in [2.45, 2.75) is 12.8 Å². The van der Waals surface area contributed by atoms with E-state index in [-0.39, 0.29) is 34.2 Å². The third kappa shape index (κ3) is 5.36. The van der Waals surface area contributed by atoms with Gasteiger partial charge in [-0.15, -0.1) is 0 Å². The molecule has 0 saturated carbocycles. The highest BCUT2D eigenvalue weighted by Gasteiger charge is 2.34. The Morgan fingerprint density at radius 2 is 1.36 bits per heavy atom. The third-order valence-corrected chi connectivity index (χ3v) is 7.17. The monoisotopic (exact) mass is 587 g/mol. The summed E-state index contributed by atoms with van der Waals surface area (Å²) in [6.45, 7) is 1.65. The Morgan fingerprint density at radius 1 is 0.857 bits per heavy atom. The van der Waals surface area contributed by atoms with Crippen LogP contribution < -0.4 is 26.3 Å². The lowest BCUT2D eigenvalue weighted by molar-refractivity contribution is -0.119. The van der Waals surface area contributed by atoms with Gasteiger partial charge in [-0.3, -0.25) is 33.9 Å². The number of nitrogens with one attached hydrogen (secondary N) is 2. The van der Waals surface area contributed by atoms with E-state index in [9.17, 15) is 14.4 Å². The first-order valence-electron chi connectivity index (χ1n) is 13.3. The van der Waals surface area contributed by atoms with E-state index in [1.807, 2.05) is 60.7 Å². The maximum atomic E-state index is 13.9. The second-order valence-corrected chi connectivity index (χ2v) is 10.1. The summed E-state index contributed by atoms with van der Waals surface area (Å²) in [5.41, 5.74) is 8.51. The Kier molecular flexibility index (Phi) is 8.08. The molecular formula is C31H30ClN5O5. The number of nitrogens with zero attached hydrogens (tertiary/aromatic N) is 2. The predicted octanol–water partition coefficient (Wildman–Crippen LogP) is 4.17. The number of aryl methyl sites for hydroxylation is 2. The summed E-state index contributed by atoms with van der Waals surface area (Å²) in [5, 5.41) is 6.49. The molecule has 2 aromatic heterocycles. The van der Waals surface area contributed by atoms with Crippen molar-refractivity contribution in [1.29, 1.82) is 0 Å². The Bertz CT molecular complexity index is 1760. The molecule has 0 bridgehead atoms. The lowest BCUT2D eigenvalue weighted by Gasteiger charge is -2.21. The van der Waals surface area contributed by atoms with E-state index in [0.29, 0.717) is 28.1 Å².